The quantitative estimate of drug-likeness (QED) is 0.0666. The molecule has 8 amide bonds. The number of hydrogen-bond donors (Lipinski definition) is 6. The number of urea groups is 1. The van der Waals surface area contributed by atoms with Crippen LogP contribution in [0.4, 0.5) is 10.5 Å². The minimum absolute atomic E-state index is 0.0119. The van der Waals surface area contributed by atoms with E-state index >= 15 is 0 Å². The van der Waals surface area contributed by atoms with Gasteiger partial charge in [0.2, 0.25) is 35.4 Å². The van der Waals surface area contributed by atoms with E-state index in [9.17, 15) is 43.5 Å². The molecular formula is C41H63N7O11. The second kappa shape index (κ2) is 20.7. The molecule has 3 unspecified atom stereocenters. The van der Waals surface area contributed by atoms with Gasteiger partial charge < -0.3 is 46.5 Å². The SMILES string of the molecule is CC(C)[C@H](NC(=O)COC(CN1C(=O)C[C@@H](C)C1=O)CN1C(=O)C(C(C)(C)C)CC1O)C(=O)N[C@@H](CCCNC(N)=O)C(=O)Nc1ccc(COC(=O)C(C)(C)C)cc1. The molecule has 0 saturated carbocycles. The lowest BCUT2D eigenvalue weighted by molar-refractivity contribution is -0.154. The summed E-state index contributed by atoms with van der Waals surface area (Å²) in [7, 11) is 0. The Morgan fingerprint density at radius 2 is 1.58 bits per heavy atom. The summed E-state index contributed by atoms with van der Waals surface area (Å²) in [4.78, 5) is 105. The van der Waals surface area contributed by atoms with E-state index in [0.29, 0.717) is 11.3 Å². The number of imide groups is 1. The molecule has 1 aromatic rings. The Morgan fingerprint density at radius 3 is 2.10 bits per heavy atom. The van der Waals surface area contributed by atoms with Crippen molar-refractivity contribution in [2.45, 2.75) is 119 Å². The number of primary amides is 1. The van der Waals surface area contributed by atoms with E-state index in [2.05, 4.69) is 21.3 Å². The number of likely N-dealkylation sites (tertiary alicyclic amines) is 2. The predicted octanol–water partition coefficient (Wildman–Crippen LogP) is 1.78. The molecule has 0 bridgehead atoms. The van der Waals surface area contributed by atoms with E-state index in [1.54, 1.807) is 65.8 Å². The number of carbonyl (C=O) groups is 8. The van der Waals surface area contributed by atoms with Gasteiger partial charge in [0.25, 0.3) is 0 Å². The van der Waals surface area contributed by atoms with E-state index in [4.69, 9.17) is 15.2 Å². The van der Waals surface area contributed by atoms with Gasteiger partial charge in [-0.2, -0.15) is 0 Å². The fourth-order valence-electron chi connectivity index (χ4n) is 6.62. The number of hydrogen-bond acceptors (Lipinski definition) is 11. The highest BCUT2D eigenvalue weighted by molar-refractivity contribution is 6.03. The lowest BCUT2D eigenvalue weighted by Gasteiger charge is -2.30. The molecule has 1 aromatic carbocycles. The topological polar surface area (TPSA) is 256 Å². The lowest BCUT2D eigenvalue weighted by Crippen LogP contribution is -2.55. The number of rotatable bonds is 19. The van der Waals surface area contributed by atoms with Crippen LogP contribution in [0.3, 0.4) is 0 Å². The van der Waals surface area contributed by atoms with Crippen molar-refractivity contribution in [3.05, 3.63) is 29.8 Å². The molecule has 18 heteroatoms. The third kappa shape index (κ3) is 14.3. The summed E-state index contributed by atoms with van der Waals surface area (Å²) in [6, 6.07) is 3.61. The van der Waals surface area contributed by atoms with E-state index in [-0.39, 0.29) is 63.8 Å². The molecule has 2 fully saturated rings. The maximum absolute atomic E-state index is 13.7. The molecule has 0 aliphatic carbocycles. The van der Waals surface area contributed by atoms with Gasteiger partial charge in [-0.25, -0.2) is 4.79 Å². The first-order chi connectivity index (χ1) is 27.4. The van der Waals surface area contributed by atoms with Crippen molar-refractivity contribution >= 4 is 53.1 Å². The van der Waals surface area contributed by atoms with Gasteiger partial charge in [-0.3, -0.25) is 38.5 Å². The second-order valence-electron chi connectivity index (χ2n) is 17.8. The molecule has 18 nitrogen and oxygen atoms in total. The Bertz CT molecular complexity index is 1700. The average Bonchev–Trinajstić information content (AvgIpc) is 3.56. The summed E-state index contributed by atoms with van der Waals surface area (Å²) in [5.74, 6) is -4.97. The molecular weight excluding hydrogens is 766 g/mol. The van der Waals surface area contributed by atoms with Crippen LogP contribution < -0.4 is 27.0 Å². The van der Waals surface area contributed by atoms with Crippen LogP contribution in [0.15, 0.2) is 24.3 Å². The largest absolute Gasteiger partial charge is 0.460 e. The summed E-state index contributed by atoms with van der Waals surface area (Å²) < 4.78 is 11.3. The Hall–Kier alpha value is -5.10. The monoisotopic (exact) mass is 829 g/mol. The molecule has 59 heavy (non-hydrogen) atoms. The van der Waals surface area contributed by atoms with Crippen LogP contribution >= 0.6 is 0 Å². The Morgan fingerprint density at radius 1 is 0.932 bits per heavy atom. The summed E-state index contributed by atoms with van der Waals surface area (Å²) in [6.45, 7) is 15.0. The third-order valence-electron chi connectivity index (χ3n) is 10.2. The molecule has 7 N–H and O–H groups in total. The van der Waals surface area contributed by atoms with Crippen molar-refractivity contribution in [2.75, 3.05) is 31.6 Å². The van der Waals surface area contributed by atoms with Crippen LogP contribution in [0, 0.1) is 28.6 Å². The van der Waals surface area contributed by atoms with Crippen LogP contribution in [0.5, 0.6) is 0 Å². The maximum Gasteiger partial charge on any atom is 0.312 e. The van der Waals surface area contributed by atoms with Gasteiger partial charge >= 0.3 is 12.0 Å². The molecule has 2 aliphatic rings. The number of ether oxygens (including phenoxy) is 2. The predicted molar refractivity (Wildman–Crippen MR) is 215 cm³/mol. The number of nitrogens with one attached hydrogen (secondary N) is 4. The molecule has 0 spiro atoms. The Balaban J connectivity index is 1.71. The van der Waals surface area contributed by atoms with Gasteiger partial charge in [0.15, 0.2) is 0 Å². The minimum Gasteiger partial charge on any atom is -0.460 e. The van der Waals surface area contributed by atoms with Crippen LogP contribution in [0.2, 0.25) is 0 Å². The molecule has 3 rings (SSSR count). The van der Waals surface area contributed by atoms with Gasteiger partial charge in [0.1, 0.15) is 31.5 Å². The van der Waals surface area contributed by atoms with Gasteiger partial charge in [-0.1, -0.05) is 53.7 Å². The molecule has 2 aliphatic heterocycles. The van der Waals surface area contributed by atoms with Crippen LogP contribution in [-0.2, 0) is 49.6 Å². The molecule has 2 saturated heterocycles. The number of aliphatic hydroxyl groups is 1. The highest BCUT2D eigenvalue weighted by Crippen LogP contribution is 2.37. The molecule has 6 atom stereocenters. The standard InChI is InChI=1S/C41H63N7O11/c1-23(2)33(35(53)45-29(11-10-16-43-39(42)57)34(52)44-26-14-12-25(13-15-26)21-59-38(56)41(7,8)9)46-30(49)22-58-27(19-47-31(50)17-24(3)36(47)54)20-48-32(51)18-28(37(48)55)40(4,5)6/h12-15,23-24,27-29,32-33,51H,10-11,16-22H2,1-9H3,(H,44,52)(H,45,53)(H,46,49)(H3,42,43,57)/t24-,27?,28?,29+,32?,33+/m1/s1. The number of anilines is 1. The number of amides is 8. The van der Waals surface area contributed by atoms with Crippen LogP contribution in [0.25, 0.3) is 0 Å². The van der Waals surface area contributed by atoms with E-state index < -0.39 is 95.2 Å². The Kier molecular flexibility index (Phi) is 17.0. The molecule has 0 aromatic heterocycles. The van der Waals surface area contributed by atoms with Crippen molar-refractivity contribution in [1.82, 2.24) is 25.8 Å². The zero-order valence-corrected chi connectivity index (χ0v) is 35.7. The number of benzene rings is 1. The van der Waals surface area contributed by atoms with Crippen molar-refractivity contribution in [3.63, 3.8) is 0 Å². The maximum atomic E-state index is 13.7. The number of nitrogens with two attached hydrogens (primary N) is 1. The summed E-state index contributed by atoms with van der Waals surface area (Å²) in [5.41, 5.74) is 5.17. The summed E-state index contributed by atoms with van der Waals surface area (Å²) in [5, 5.41) is 21.4. The molecule has 328 valence electrons. The fraction of sp³-hybridized carbons (Fsp3) is 0.659. The number of carbonyl (C=O) groups excluding carboxylic acids is 8. The highest BCUT2D eigenvalue weighted by Gasteiger charge is 2.46. The Labute approximate surface area is 346 Å². The zero-order chi connectivity index (χ0) is 44.4. The number of esters is 1. The van der Waals surface area contributed by atoms with Crippen molar-refractivity contribution in [3.8, 4) is 0 Å². The van der Waals surface area contributed by atoms with Crippen molar-refractivity contribution in [1.29, 1.82) is 0 Å². The highest BCUT2D eigenvalue weighted by atomic mass is 16.5. The van der Waals surface area contributed by atoms with E-state index in [1.807, 2.05) is 20.8 Å². The number of aliphatic hydroxyl groups excluding tert-OH is 1. The second-order valence-corrected chi connectivity index (χ2v) is 17.8. The molecule has 2 heterocycles. The van der Waals surface area contributed by atoms with E-state index in [0.717, 1.165) is 4.90 Å². The lowest BCUT2D eigenvalue weighted by atomic mass is 9.80. The van der Waals surface area contributed by atoms with Crippen molar-refractivity contribution < 1.29 is 52.9 Å². The van der Waals surface area contributed by atoms with Crippen LogP contribution in [-0.4, -0.2) is 113 Å². The summed E-state index contributed by atoms with van der Waals surface area (Å²) in [6.07, 6.45) is -1.63. The van der Waals surface area contributed by atoms with Gasteiger partial charge in [-0.15, -0.1) is 0 Å². The first-order valence-corrected chi connectivity index (χ1v) is 20.0. The first-order valence-electron chi connectivity index (χ1n) is 20.0. The summed E-state index contributed by atoms with van der Waals surface area (Å²) >= 11 is 0. The normalized spacial score (nSPS) is 20.0. The molecule has 0 radical (unpaired) electrons. The van der Waals surface area contributed by atoms with Gasteiger partial charge in [-0.05, 0) is 62.6 Å². The third-order valence-corrected chi connectivity index (χ3v) is 10.2. The van der Waals surface area contributed by atoms with Gasteiger partial charge in [0.05, 0.1) is 24.6 Å². The van der Waals surface area contributed by atoms with Gasteiger partial charge in [0, 0.05) is 36.9 Å². The van der Waals surface area contributed by atoms with Crippen molar-refractivity contribution in [2.24, 2.45) is 34.3 Å². The van der Waals surface area contributed by atoms with Crippen LogP contribution in [0.1, 0.15) is 93.6 Å². The zero-order valence-electron chi connectivity index (χ0n) is 35.7. The fourth-order valence-corrected chi connectivity index (χ4v) is 6.62. The smallest absolute Gasteiger partial charge is 0.312 e. The first kappa shape index (κ1) is 48.3. The van der Waals surface area contributed by atoms with E-state index in [1.165, 1.54) is 4.90 Å². The number of nitrogens with zero attached hydrogens (tertiary/aromatic N) is 2. The minimum atomic E-state index is -1.14. The average molecular weight is 830 g/mol.